The average molecular weight is 279 g/mol. The molecular formula is C14H21N3O3. The zero-order valence-corrected chi connectivity index (χ0v) is 11.7. The number of benzene rings is 1. The molecule has 0 amide bonds. The molecule has 1 aromatic heterocycles. The number of rotatable bonds is 9. The largest absolute Gasteiger partial charge is 0.399 e. The smallest absolute Gasteiger partial charge is 0.0703 e. The summed E-state index contributed by atoms with van der Waals surface area (Å²) >= 11 is 0. The van der Waals surface area contributed by atoms with Crippen molar-refractivity contribution in [2.75, 3.05) is 45.9 Å². The number of nitrogens with zero attached hydrogens (tertiary/aromatic N) is 2. The molecule has 0 bridgehead atoms. The molecule has 6 heteroatoms. The topological polar surface area (TPSA) is 71.5 Å². The van der Waals surface area contributed by atoms with Crippen LogP contribution in [-0.2, 0) is 20.8 Å². The minimum Gasteiger partial charge on any atom is -0.399 e. The first-order valence-electron chi connectivity index (χ1n) is 6.67. The first-order chi connectivity index (χ1) is 9.81. The van der Waals surface area contributed by atoms with Crippen LogP contribution in [0.15, 0.2) is 24.4 Å². The molecule has 0 saturated heterocycles. The van der Waals surface area contributed by atoms with Crippen LogP contribution in [0, 0.1) is 0 Å². The fourth-order valence-electron chi connectivity index (χ4n) is 1.88. The molecule has 0 unspecified atom stereocenters. The minimum absolute atomic E-state index is 0.574. The second-order valence-electron chi connectivity index (χ2n) is 4.40. The van der Waals surface area contributed by atoms with E-state index in [2.05, 4.69) is 5.10 Å². The van der Waals surface area contributed by atoms with Gasteiger partial charge in [-0.3, -0.25) is 4.68 Å². The highest BCUT2D eigenvalue weighted by atomic mass is 16.5. The highest BCUT2D eigenvalue weighted by Crippen LogP contribution is 2.16. The van der Waals surface area contributed by atoms with E-state index < -0.39 is 0 Å². The van der Waals surface area contributed by atoms with Crippen molar-refractivity contribution >= 4 is 16.6 Å². The van der Waals surface area contributed by atoms with Crippen LogP contribution < -0.4 is 5.73 Å². The Bertz CT molecular complexity index is 527. The summed E-state index contributed by atoms with van der Waals surface area (Å²) in [6.45, 7) is 3.66. The Hall–Kier alpha value is -1.63. The van der Waals surface area contributed by atoms with Crippen molar-refractivity contribution in [3.05, 3.63) is 24.4 Å². The molecule has 1 aromatic carbocycles. The van der Waals surface area contributed by atoms with E-state index in [1.807, 2.05) is 29.1 Å². The van der Waals surface area contributed by atoms with Crippen LogP contribution >= 0.6 is 0 Å². The Morgan fingerprint density at radius 2 is 1.85 bits per heavy atom. The third-order valence-electron chi connectivity index (χ3n) is 2.92. The van der Waals surface area contributed by atoms with Gasteiger partial charge in [0.15, 0.2) is 0 Å². The van der Waals surface area contributed by atoms with Crippen LogP contribution in [-0.4, -0.2) is 49.9 Å². The van der Waals surface area contributed by atoms with E-state index in [1.165, 1.54) is 0 Å². The molecule has 0 fully saturated rings. The molecule has 2 N–H and O–H groups in total. The van der Waals surface area contributed by atoms with Crippen molar-refractivity contribution in [1.29, 1.82) is 0 Å². The first-order valence-corrected chi connectivity index (χ1v) is 6.67. The van der Waals surface area contributed by atoms with Gasteiger partial charge in [-0.1, -0.05) is 0 Å². The van der Waals surface area contributed by atoms with Crippen molar-refractivity contribution < 1.29 is 14.2 Å². The van der Waals surface area contributed by atoms with E-state index in [4.69, 9.17) is 19.9 Å². The van der Waals surface area contributed by atoms with Crippen LogP contribution in [0.4, 0.5) is 5.69 Å². The lowest BCUT2D eigenvalue weighted by Gasteiger charge is -2.07. The Labute approximate surface area is 118 Å². The molecule has 0 radical (unpaired) electrons. The monoisotopic (exact) mass is 279 g/mol. The third kappa shape index (κ3) is 4.19. The van der Waals surface area contributed by atoms with Crippen molar-refractivity contribution in [3.63, 3.8) is 0 Å². The summed E-state index contributed by atoms with van der Waals surface area (Å²) in [5, 5.41) is 5.41. The van der Waals surface area contributed by atoms with Crippen LogP contribution in [0.5, 0.6) is 0 Å². The van der Waals surface area contributed by atoms with Gasteiger partial charge in [-0.25, -0.2) is 0 Å². The SMILES string of the molecule is COCCOCCOCCn1ncc2ccc(N)cc21. The van der Waals surface area contributed by atoms with Crippen molar-refractivity contribution in [2.45, 2.75) is 6.54 Å². The molecule has 6 nitrogen and oxygen atoms in total. The maximum Gasteiger partial charge on any atom is 0.0703 e. The van der Waals surface area contributed by atoms with Crippen LogP contribution in [0.25, 0.3) is 10.9 Å². The number of hydrogen-bond donors (Lipinski definition) is 1. The summed E-state index contributed by atoms with van der Waals surface area (Å²) in [6, 6.07) is 5.77. The number of nitrogen functional groups attached to an aromatic ring is 1. The molecule has 2 aromatic rings. The molecular weight excluding hydrogens is 258 g/mol. The molecule has 0 aliphatic heterocycles. The molecule has 110 valence electrons. The molecule has 0 aliphatic carbocycles. The fourth-order valence-corrected chi connectivity index (χ4v) is 1.88. The maximum atomic E-state index is 5.79. The summed E-state index contributed by atoms with van der Waals surface area (Å²) < 4.78 is 17.6. The van der Waals surface area contributed by atoms with Crippen molar-refractivity contribution in [2.24, 2.45) is 0 Å². The Morgan fingerprint density at radius 3 is 2.65 bits per heavy atom. The van der Waals surface area contributed by atoms with Gasteiger partial charge >= 0.3 is 0 Å². The van der Waals surface area contributed by atoms with Crippen LogP contribution in [0.1, 0.15) is 0 Å². The highest BCUT2D eigenvalue weighted by molar-refractivity contribution is 5.81. The lowest BCUT2D eigenvalue weighted by Crippen LogP contribution is -2.12. The molecule has 0 atom stereocenters. The summed E-state index contributed by atoms with van der Waals surface area (Å²) in [6.07, 6.45) is 1.84. The number of nitrogens with two attached hydrogens (primary N) is 1. The number of ether oxygens (including phenoxy) is 3. The number of fused-ring (bicyclic) bond motifs is 1. The Kier molecular flexibility index (Phi) is 5.79. The van der Waals surface area contributed by atoms with E-state index in [9.17, 15) is 0 Å². The summed E-state index contributed by atoms with van der Waals surface area (Å²) in [5.41, 5.74) is 7.56. The van der Waals surface area contributed by atoms with Gasteiger partial charge in [-0.05, 0) is 18.2 Å². The van der Waals surface area contributed by atoms with Gasteiger partial charge in [0.25, 0.3) is 0 Å². The predicted octanol–water partition coefficient (Wildman–Crippen LogP) is 1.30. The zero-order valence-electron chi connectivity index (χ0n) is 11.7. The van der Waals surface area contributed by atoms with E-state index in [-0.39, 0.29) is 0 Å². The summed E-state index contributed by atoms with van der Waals surface area (Å²) in [7, 11) is 1.65. The second-order valence-corrected chi connectivity index (χ2v) is 4.40. The molecule has 0 aliphatic rings. The normalized spacial score (nSPS) is 11.2. The van der Waals surface area contributed by atoms with E-state index in [1.54, 1.807) is 7.11 Å². The van der Waals surface area contributed by atoms with Crippen LogP contribution in [0.3, 0.4) is 0 Å². The van der Waals surface area contributed by atoms with E-state index in [0.29, 0.717) is 39.6 Å². The summed E-state index contributed by atoms with van der Waals surface area (Å²) in [4.78, 5) is 0. The number of anilines is 1. The number of hydrogen-bond acceptors (Lipinski definition) is 5. The van der Waals surface area contributed by atoms with E-state index in [0.717, 1.165) is 16.6 Å². The number of aromatic nitrogens is 2. The molecule has 0 spiro atoms. The van der Waals surface area contributed by atoms with Gasteiger partial charge in [0.2, 0.25) is 0 Å². The average Bonchev–Trinajstić information content (AvgIpc) is 2.84. The van der Waals surface area contributed by atoms with Crippen molar-refractivity contribution in [1.82, 2.24) is 9.78 Å². The predicted molar refractivity (Wildman–Crippen MR) is 77.7 cm³/mol. The molecule has 1 heterocycles. The van der Waals surface area contributed by atoms with Crippen LogP contribution in [0.2, 0.25) is 0 Å². The lowest BCUT2D eigenvalue weighted by atomic mass is 10.2. The van der Waals surface area contributed by atoms with Gasteiger partial charge < -0.3 is 19.9 Å². The fraction of sp³-hybridized carbons (Fsp3) is 0.500. The molecule has 0 saturated carbocycles. The minimum atomic E-state index is 0.574. The van der Waals surface area contributed by atoms with Gasteiger partial charge in [-0.15, -0.1) is 0 Å². The van der Waals surface area contributed by atoms with Crippen molar-refractivity contribution in [3.8, 4) is 0 Å². The zero-order chi connectivity index (χ0) is 14.2. The van der Waals surface area contributed by atoms with E-state index >= 15 is 0 Å². The van der Waals surface area contributed by atoms with Gasteiger partial charge in [-0.2, -0.15) is 5.10 Å². The van der Waals surface area contributed by atoms with Gasteiger partial charge in [0, 0.05) is 18.2 Å². The van der Waals surface area contributed by atoms with Gasteiger partial charge in [0.1, 0.15) is 0 Å². The Balaban J connectivity index is 1.69. The summed E-state index contributed by atoms with van der Waals surface area (Å²) in [5.74, 6) is 0. The maximum absolute atomic E-state index is 5.79. The lowest BCUT2D eigenvalue weighted by molar-refractivity contribution is 0.0227. The number of methoxy groups -OCH3 is 1. The highest BCUT2D eigenvalue weighted by Gasteiger charge is 2.02. The Morgan fingerprint density at radius 1 is 1.10 bits per heavy atom. The molecule has 20 heavy (non-hydrogen) atoms. The molecule has 2 rings (SSSR count). The standard InChI is InChI=1S/C14H21N3O3/c1-18-6-7-20-9-8-19-5-4-17-14-10-13(15)3-2-12(14)11-16-17/h2-3,10-11H,4-9,15H2,1H3. The quantitative estimate of drug-likeness (QED) is 0.553. The van der Waals surface area contributed by atoms with Gasteiger partial charge in [0.05, 0.1) is 51.3 Å². The first kappa shape index (κ1) is 14.8. The second kappa shape index (κ2) is 7.84. The third-order valence-corrected chi connectivity index (χ3v) is 2.92.